The van der Waals surface area contributed by atoms with Crippen LogP contribution in [0.1, 0.15) is 12.8 Å². The lowest BCUT2D eigenvalue weighted by Crippen LogP contribution is -2.30. The standard InChI is InChI=1S/C20H17NO3/c22-19-17-8-4-5-9-18(17)20(23)21(19)14-10-12-16(13-11-14)24-15-6-2-1-3-7-15/h1-7,10-13,17-18H,8-9H2. The van der Waals surface area contributed by atoms with Crippen LogP contribution < -0.4 is 9.64 Å². The van der Waals surface area contributed by atoms with Gasteiger partial charge in [0, 0.05) is 0 Å². The van der Waals surface area contributed by atoms with Crippen molar-refractivity contribution in [3.63, 3.8) is 0 Å². The number of fused-ring (bicyclic) bond motifs is 1. The van der Waals surface area contributed by atoms with Gasteiger partial charge in [-0.3, -0.25) is 14.5 Å². The van der Waals surface area contributed by atoms with Crippen LogP contribution in [0.15, 0.2) is 66.7 Å². The summed E-state index contributed by atoms with van der Waals surface area (Å²) in [5, 5.41) is 0. The van der Waals surface area contributed by atoms with E-state index in [-0.39, 0.29) is 23.7 Å². The molecule has 1 fully saturated rings. The lowest BCUT2D eigenvalue weighted by molar-refractivity contribution is -0.122. The number of hydrogen-bond donors (Lipinski definition) is 0. The average molecular weight is 319 g/mol. The number of allylic oxidation sites excluding steroid dienone is 2. The highest BCUT2D eigenvalue weighted by atomic mass is 16.5. The second-order valence-corrected chi connectivity index (χ2v) is 6.08. The largest absolute Gasteiger partial charge is 0.457 e. The molecule has 0 bridgehead atoms. The van der Waals surface area contributed by atoms with Crippen molar-refractivity contribution in [1.29, 1.82) is 0 Å². The number of imide groups is 1. The molecule has 0 radical (unpaired) electrons. The molecule has 1 saturated heterocycles. The van der Waals surface area contributed by atoms with Gasteiger partial charge in [0.2, 0.25) is 11.8 Å². The Hall–Kier alpha value is -2.88. The fourth-order valence-corrected chi connectivity index (χ4v) is 3.34. The van der Waals surface area contributed by atoms with E-state index in [0.29, 0.717) is 24.3 Å². The molecule has 2 aromatic carbocycles. The number of rotatable bonds is 3. The molecule has 0 saturated carbocycles. The van der Waals surface area contributed by atoms with Crippen LogP contribution in [-0.2, 0) is 9.59 Å². The molecule has 0 spiro atoms. The summed E-state index contributed by atoms with van der Waals surface area (Å²) in [5.74, 6) is 0.821. The van der Waals surface area contributed by atoms with Gasteiger partial charge in [0.15, 0.2) is 0 Å². The summed E-state index contributed by atoms with van der Waals surface area (Å²) in [5.41, 5.74) is 0.611. The van der Waals surface area contributed by atoms with Crippen LogP contribution >= 0.6 is 0 Å². The van der Waals surface area contributed by atoms with E-state index in [2.05, 4.69) is 0 Å². The Morgan fingerprint density at radius 3 is 1.88 bits per heavy atom. The number of nitrogens with zero attached hydrogens (tertiary/aromatic N) is 1. The van der Waals surface area contributed by atoms with Crippen molar-refractivity contribution in [3.8, 4) is 11.5 Å². The molecular formula is C20H17NO3. The van der Waals surface area contributed by atoms with E-state index in [0.717, 1.165) is 5.75 Å². The van der Waals surface area contributed by atoms with Crippen LogP contribution in [0.2, 0.25) is 0 Å². The van der Waals surface area contributed by atoms with Crippen LogP contribution in [0.25, 0.3) is 0 Å². The minimum atomic E-state index is -0.206. The zero-order valence-corrected chi connectivity index (χ0v) is 13.1. The quantitative estimate of drug-likeness (QED) is 0.636. The van der Waals surface area contributed by atoms with E-state index in [4.69, 9.17) is 4.74 Å². The predicted octanol–water partition coefficient (Wildman–Crippen LogP) is 3.93. The summed E-state index contributed by atoms with van der Waals surface area (Å²) in [4.78, 5) is 26.5. The van der Waals surface area contributed by atoms with Crippen molar-refractivity contribution in [3.05, 3.63) is 66.7 Å². The van der Waals surface area contributed by atoms with Gasteiger partial charge < -0.3 is 4.74 Å². The van der Waals surface area contributed by atoms with Crippen LogP contribution in [0.3, 0.4) is 0 Å². The number of amides is 2. The van der Waals surface area contributed by atoms with E-state index in [1.807, 2.05) is 42.5 Å². The van der Waals surface area contributed by atoms with Gasteiger partial charge in [-0.05, 0) is 49.2 Å². The summed E-state index contributed by atoms with van der Waals surface area (Å²) in [6, 6.07) is 16.6. The van der Waals surface area contributed by atoms with Gasteiger partial charge in [-0.15, -0.1) is 0 Å². The molecule has 2 aliphatic rings. The Kier molecular flexibility index (Phi) is 3.65. The maximum atomic E-state index is 12.6. The molecule has 4 nitrogen and oxygen atoms in total. The first-order valence-corrected chi connectivity index (χ1v) is 8.10. The average Bonchev–Trinajstić information content (AvgIpc) is 2.88. The smallest absolute Gasteiger partial charge is 0.238 e. The van der Waals surface area contributed by atoms with Crippen LogP contribution in [0.5, 0.6) is 11.5 Å². The summed E-state index contributed by atoms with van der Waals surface area (Å²) in [7, 11) is 0. The third-order valence-electron chi connectivity index (χ3n) is 4.58. The Balaban J connectivity index is 1.55. The van der Waals surface area contributed by atoms with Crippen molar-refractivity contribution in [2.24, 2.45) is 11.8 Å². The van der Waals surface area contributed by atoms with Gasteiger partial charge >= 0.3 is 0 Å². The molecular weight excluding hydrogens is 302 g/mol. The summed E-state index contributed by atoms with van der Waals surface area (Å²) >= 11 is 0. The van der Waals surface area contributed by atoms with Crippen molar-refractivity contribution < 1.29 is 14.3 Å². The van der Waals surface area contributed by atoms with E-state index < -0.39 is 0 Å². The molecule has 24 heavy (non-hydrogen) atoms. The molecule has 4 rings (SSSR count). The number of para-hydroxylation sites is 1. The van der Waals surface area contributed by atoms with Crippen molar-refractivity contribution in [2.75, 3.05) is 4.90 Å². The van der Waals surface area contributed by atoms with Crippen LogP contribution in [0, 0.1) is 11.8 Å². The number of benzene rings is 2. The summed E-state index contributed by atoms with van der Waals surface area (Å²) in [6.45, 7) is 0. The summed E-state index contributed by atoms with van der Waals surface area (Å²) in [6.07, 6.45) is 5.29. The molecule has 4 heteroatoms. The highest BCUT2D eigenvalue weighted by Gasteiger charge is 2.47. The second kappa shape index (κ2) is 5.96. The minimum Gasteiger partial charge on any atom is -0.457 e. The summed E-state index contributed by atoms with van der Waals surface area (Å²) < 4.78 is 5.75. The SMILES string of the molecule is O=C1C2CC=CCC2C(=O)N1c1ccc(Oc2ccccc2)cc1. The highest BCUT2D eigenvalue weighted by Crippen LogP contribution is 2.38. The van der Waals surface area contributed by atoms with Crippen LogP contribution in [-0.4, -0.2) is 11.8 Å². The van der Waals surface area contributed by atoms with Crippen LogP contribution in [0.4, 0.5) is 5.69 Å². The molecule has 2 amide bonds. The molecule has 1 heterocycles. The lowest BCUT2D eigenvalue weighted by atomic mass is 9.85. The van der Waals surface area contributed by atoms with E-state index >= 15 is 0 Å². The maximum absolute atomic E-state index is 12.6. The fourth-order valence-electron chi connectivity index (χ4n) is 3.34. The topological polar surface area (TPSA) is 46.6 Å². The fraction of sp³-hybridized carbons (Fsp3) is 0.200. The first-order valence-electron chi connectivity index (χ1n) is 8.10. The van der Waals surface area contributed by atoms with E-state index in [1.165, 1.54) is 4.90 Å². The van der Waals surface area contributed by atoms with Gasteiger partial charge in [0.05, 0.1) is 17.5 Å². The van der Waals surface area contributed by atoms with Crippen molar-refractivity contribution >= 4 is 17.5 Å². The number of carbonyl (C=O) groups excluding carboxylic acids is 2. The first-order chi connectivity index (χ1) is 11.7. The molecule has 2 aromatic rings. The van der Waals surface area contributed by atoms with Gasteiger partial charge in [-0.1, -0.05) is 30.4 Å². The van der Waals surface area contributed by atoms with Crippen molar-refractivity contribution in [2.45, 2.75) is 12.8 Å². The van der Waals surface area contributed by atoms with E-state index in [9.17, 15) is 9.59 Å². The third-order valence-corrected chi connectivity index (χ3v) is 4.58. The number of hydrogen-bond acceptors (Lipinski definition) is 3. The van der Waals surface area contributed by atoms with E-state index in [1.54, 1.807) is 24.3 Å². The third kappa shape index (κ3) is 2.50. The Labute approximate surface area is 140 Å². The molecule has 0 aromatic heterocycles. The molecule has 2 unspecified atom stereocenters. The Morgan fingerprint density at radius 2 is 1.29 bits per heavy atom. The number of carbonyl (C=O) groups is 2. The predicted molar refractivity (Wildman–Crippen MR) is 90.8 cm³/mol. The zero-order valence-electron chi connectivity index (χ0n) is 13.1. The number of anilines is 1. The molecule has 1 aliphatic carbocycles. The molecule has 0 N–H and O–H groups in total. The minimum absolute atomic E-state index is 0.0916. The highest BCUT2D eigenvalue weighted by molar-refractivity contribution is 6.22. The Bertz CT molecular complexity index is 769. The zero-order chi connectivity index (χ0) is 16.5. The normalized spacial score (nSPS) is 22.6. The molecule has 120 valence electrons. The molecule has 2 atom stereocenters. The maximum Gasteiger partial charge on any atom is 0.238 e. The second-order valence-electron chi connectivity index (χ2n) is 6.08. The first kappa shape index (κ1) is 14.7. The van der Waals surface area contributed by atoms with Crippen molar-refractivity contribution in [1.82, 2.24) is 0 Å². The van der Waals surface area contributed by atoms with Gasteiger partial charge in [-0.25, -0.2) is 0 Å². The van der Waals surface area contributed by atoms with Gasteiger partial charge in [0.1, 0.15) is 11.5 Å². The Morgan fingerprint density at radius 1 is 0.750 bits per heavy atom. The number of ether oxygens (including phenoxy) is 1. The van der Waals surface area contributed by atoms with Gasteiger partial charge in [0.25, 0.3) is 0 Å². The molecule has 1 aliphatic heterocycles. The monoisotopic (exact) mass is 319 g/mol. The van der Waals surface area contributed by atoms with Gasteiger partial charge in [-0.2, -0.15) is 0 Å². The lowest BCUT2D eigenvalue weighted by Gasteiger charge is -2.15.